The van der Waals surface area contributed by atoms with Gasteiger partial charge in [-0.25, -0.2) is 4.79 Å². The van der Waals surface area contributed by atoms with E-state index in [1.807, 2.05) is 32.1 Å². The molecule has 2 N–H and O–H groups in total. The van der Waals surface area contributed by atoms with Gasteiger partial charge in [-0.3, -0.25) is 4.90 Å². The van der Waals surface area contributed by atoms with Crippen molar-refractivity contribution in [2.75, 3.05) is 0 Å². The number of carbonyl (C=O) groups excluding carboxylic acids is 1. The Balaban J connectivity index is 1.89. The van der Waals surface area contributed by atoms with Gasteiger partial charge >= 0.3 is 18.4 Å². The highest BCUT2D eigenvalue weighted by atomic mass is 19.4. The summed E-state index contributed by atoms with van der Waals surface area (Å²) in [6.45, 7) is 8.88. The van der Waals surface area contributed by atoms with Crippen molar-refractivity contribution in [3.63, 3.8) is 0 Å². The Morgan fingerprint density at radius 1 is 1.07 bits per heavy atom. The van der Waals surface area contributed by atoms with Crippen LogP contribution in [0.15, 0.2) is 42.0 Å². The van der Waals surface area contributed by atoms with E-state index < -0.39 is 47.3 Å². The number of nitrogens with zero attached hydrogens (tertiary/aromatic N) is 1. The summed E-state index contributed by atoms with van der Waals surface area (Å²) in [4.78, 5) is 14.9. The Hall–Kier alpha value is -2.53. The average Bonchev–Trinajstić information content (AvgIpc) is 2.84. The van der Waals surface area contributed by atoms with Gasteiger partial charge < -0.3 is 15.2 Å². The number of hydrogen-bond acceptors (Lipinski definition) is 4. The van der Waals surface area contributed by atoms with Crippen molar-refractivity contribution in [1.82, 2.24) is 10.2 Å². The van der Waals surface area contributed by atoms with Crippen LogP contribution >= 0.6 is 0 Å². The molecule has 2 aliphatic rings. The highest BCUT2D eigenvalue weighted by Gasteiger charge is 2.44. The van der Waals surface area contributed by atoms with Crippen molar-refractivity contribution in [3.8, 4) is 0 Å². The van der Waals surface area contributed by atoms with Gasteiger partial charge in [-0.2, -0.15) is 26.3 Å². The average molecular weight is 577 g/mol. The molecule has 224 valence electrons. The molecule has 1 fully saturated rings. The number of hydrogen-bond donors (Lipinski definition) is 2. The van der Waals surface area contributed by atoms with Gasteiger partial charge in [-0.15, -0.1) is 0 Å². The largest absolute Gasteiger partial charge is 0.444 e. The summed E-state index contributed by atoms with van der Waals surface area (Å²) < 4.78 is 85.6. The van der Waals surface area contributed by atoms with Crippen LogP contribution in [0.5, 0.6) is 0 Å². The molecule has 1 saturated heterocycles. The van der Waals surface area contributed by atoms with Crippen molar-refractivity contribution in [2.45, 2.75) is 109 Å². The molecule has 40 heavy (non-hydrogen) atoms. The molecule has 0 aromatic heterocycles. The van der Waals surface area contributed by atoms with Crippen LogP contribution in [0, 0.1) is 5.92 Å². The number of alkyl halides is 6. The summed E-state index contributed by atoms with van der Waals surface area (Å²) in [6, 6.07) is 0.0391. The van der Waals surface area contributed by atoms with Gasteiger partial charge in [0.25, 0.3) is 0 Å². The van der Waals surface area contributed by atoms with Crippen molar-refractivity contribution in [3.05, 3.63) is 58.7 Å². The second kappa shape index (κ2) is 12.1. The van der Waals surface area contributed by atoms with E-state index in [1.165, 1.54) is 0 Å². The minimum Gasteiger partial charge on any atom is -0.444 e. The van der Waals surface area contributed by atoms with Crippen LogP contribution in [0.4, 0.5) is 31.1 Å². The van der Waals surface area contributed by atoms with E-state index in [-0.39, 0.29) is 36.7 Å². The number of nitrogens with one attached hydrogen (secondary N) is 1. The Bertz CT molecular complexity index is 1070. The van der Waals surface area contributed by atoms with Gasteiger partial charge in [0.2, 0.25) is 0 Å². The lowest BCUT2D eigenvalue weighted by atomic mass is 9.83. The maximum absolute atomic E-state index is 13.3. The number of ether oxygens (including phenoxy) is 1. The normalized spacial score (nSPS) is 25.0. The SMILES string of the molecule is CC[C@@H]1C[C@H](NCc2cc(C(F)(F)F)cc(C(F)(F)F)c2)C[C@H]([C@H](O)C2=CCC(C)C=C2)N1C(=O)OC(C)(C)C. The van der Waals surface area contributed by atoms with Crippen molar-refractivity contribution >= 4 is 6.09 Å². The molecule has 0 spiro atoms. The number of aliphatic hydroxyl groups is 1. The van der Waals surface area contributed by atoms with Crippen molar-refractivity contribution in [2.24, 2.45) is 5.92 Å². The Morgan fingerprint density at radius 3 is 2.15 bits per heavy atom. The predicted molar refractivity (Wildman–Crippen MR) is 139 cm³/mol. The first kappa shape index (κ1) is 32.0. The third-order valence-electron chi connectivity index (χ3n) is 7.20. The minimum absolute atomic E-state index is 0.106. The number of carbonyl (C=O) groups is 1. The molecule has 0 radical (unpaired) electrons. The molecule has 1 aromatic rings. The molecule has 1 amide bonds. The summed E-state index contributed by atoms with van der Waals surface area (Å²) in [6.07, 6.45) is -3.95. The lowest BCUT2D eigenvalue weighted by molar-refractivity contribution is -0.143. The molecular weight excluding hydrogens is 538 g/mol. The Labute approximate surface area is 231 Å². The zero-order chi connectivity index (χ0) is 30.0. The molecule has 1 aliphatic heterocycles. The molecule has 3 rings (SSSR count). The summed E-state index contributed by atoms with van der Waals surface area (Å²) in [7, 11) is 0. The Kier molecular flexibility index (Phi) is 9.71. The van der Waals surface area contributed by atoms with Crippen LogP contribution in [0.2, 0.25) is 0 Å². The Morgan fingerprint density at radius 2 is 1.68 bits per heavy atom. The van der Waals surface area contributed by atoms with Gasteiger partial charge in [0, 0.05) is 18.6 Å². The second-order valence-electron chi connectivity index (χ2n) is 11.7. The summed E-state index contributed by atoms with van der Waals surface area (Å²) >= 11 is 0. The fourth-order valence-corrected chi connectivity index (χ4v) is 5.19. The van der Waals surface area contributed by atoms with Crippen LogP contribution in [-0.4, -0.2) is 45.9 Å². The van der Waals surface area contributed by atoms with Crippen molar-refractivity contribution in [1.29, 1.82) is 0 Å². The van der Waals surface area contributed by atoms with Crippen LogP contribution in [0.3, 0.4) is 0 Å². The molecule has 1 unspecified atom stereocenters. The first-order chi connectivity index (χ1) is 18.4. The van der Waals surface area contributed by atoms with E-state index in [2.05, 4.69) is 5.32 Å². The third-order valence-corrected chi connectivity index (χ3v) is 7.20. The van der Waals surface area contributed by atoms with Gasteiger partial charge in [0.15, 0.2) is 0 Å². The van der Waals surface area contributed by atoms with Crippen LogP contribution in [0.1, 0.15) is 77.0 Å². The van der Waals surface area contributed by atoms with E-state index in [1.54, 1.807) is 25.7 Å². The maximum atomic E-state index is 13.3. The summed E-state index contributed by atoms with van der Waals surface area (Å²) in [5, 5.41) is 14.5. The lowest BCUT2D eigenvalue weighted by Crippen LogP contribution is -2.60. The molecule has 1 aromatic carbocycles. The lowest BCUT2D eigenvalue weighted by Gasteiger charge is -2.47. The maximum Gasteiger partial charge on any atom is 0.416 e. The smallest absolute Gasteiger partial charge is 0.416 e. The standard InChI is InChI=1S/C29H38F6N2O3/c1-6-23-14-22(36-16-18-11-20(28(30,31)32)13-21(12-18)29(33,34)35)15-24(37(23)26(39)40-27(3,4)5)25(38)19-9-7-17(2)8-10-19/h7,9-13,17,22-25,36,38H,6,8,14-16H2,1-5H3/t17?,22-,23+,24+,25+/m0/s1. The molecule has 0 saturated carbocycles. The molecule has 11 heteroatoms. The van der Waals surface area contributed by atoms with Gasteiger partial charge in [-0.05, 0) is 81.7 Å². The van der Waals surface area contributed by atoms with E-state index in [0.717, 1.165) is 6.42 Å². The first-order valence-electron chi connectivity index (χ1n) is 13.5. The topological polar surface area (TPSA) is 61.8 Å². The van der Waals surface area contributed by atoms with E-state index in [9.17, 15) is 36.2 Å². The third kappa shape index (κ3) is 8.25. The number of rotatable bonds is 6. The molecular formula is C29H38F6N2O3. The number of aliphatic hydroxyl groups excluding tert-OH is 1. The summed E-state index contributed by atoms with van der Waals surface area (Å²) in [5.41, 5.74) is -3.03. The van der Waals surface area contributed by atoms with E-state index >= 15 is 0 Å². The molecule has 5 nitrogen and oxygen atoms in total. The number of amides is 1. The highest BCUT2D eigenvalue weighted by Crippen LogP contribution is 2.37. The van der Waals surface area contributed by atoms with Gasteiger partial charge in [0.1, 0.15) is 5.60 Å². The monoisotopic (exact) mass is 576 g/mol. The second-order valence-corrected chi connectivity index (χ2v) is 11.7. The van der Waals surface area contributed by atoms with Gasteiger partial charge in [0.05, 0.1) is 23.3 Å². The molecule has 5 atom stereocenters. The molecule has 1 heterocycles. The number of likely N-dealkylation sites (tertiary alicyclic amines) is 1. The zero-order valence-electron chi connectivity index (χ0n) is 23.4. The molecule has 1 aliphatic carbocycles. The van der Waals surface area contributed by atoms with Crippen molar-refractivity contribution < 1.29 is 41.0 Å². The zero-order valence-corrected chi connectivity index (χ0v) is 23.4. The number of piperidine rings is 1. The van der Waals surface area contributed by atoms with E-state index in [4.69, 9.17) is 4.74 Å². The van der Waals surface area contributed by atoms with Crippen LogP contribution in [-0.2, 0) is 23.6 Å². The van der Waals surface area contributed by atoms with E-state index in [0.29, 0.717) is 36.5 Å². The number of allylic oxidation sites excluding steroid dienone is 2. The fraction of sp³-hybridized carbons (Fsp3) is 0.621. The van der Waals surface area contributed by atoms with Crippen LogP contribution in [0.25, 0.3) is 0 Å². The number of benzene rings is 1. The summed E-state index contributed by atoms with van der Waals surface area (Å²) in [5.74, 6) is 0.302. The van der Waals surface area contributed by atoms with Gasteiger partial charge in [-0.1, -0.05) is 32.1 Å². The number of halogens is 6. The quantitative estimate of drug-likeness (QED) is 0.351. The first-order valence-corrected chi connectivity index (χ1v) is 13.5. The minimum atomic E-state index is -4.93. The fourth-order valence-electron chi connectivity index (χ4n) is 5.19. The molecule has 0 bridgehead atoms. The highest BCUT2D eigenvalue weighted by molar-refractivity contribution is 5.69. The van der Waals surface area contributed by atoms with Crippen LogP contribution < -0.4 is 5.32 Å². The predicted octanol–water partition coefficient (Wildman–Crippen LogP) is 7.24.